The molecule has 3 heteroatoms. The number of hydrogen-bond donors (Lipinski definition) is 1. The fourth-order valence-electron chi connectivity index (χ4n) is 2.22. The van der Waals surface area contributed by atoms with Crippen molar-refractivity contribution >= 4 is 0 Å². The zero-order chi connectivity index (χ0) is 14.1. The van der Waals surface area contributed by atoms with Gasteiger partial charge in [0.15, 0.2) is 0 Å². The van der Waals surface area contributed by atoms with Gasteiger partial charge in [0.05, 0.1) is 0 Å². The number of nitrogens with two attached hydrogens (primary N) is 1. The standard InChI is InChI=1S/C16H27FN2/c1-3-5-7-19(8-6-4-2)13-15-9-14(12-18)10-16(17)11-15/h9-11H,3-8,12-13,18H2,1-2H3. The summed E-state index contributed by atoms with van der Waals surface area (Å²) in [5.74, 6) is -0.177. The van der Waals surface area contributed by atoms with Crippen LogP contribution >= 0.6 is 0 Å². The van der Waals surface area contributed by atoms with Crippen LogP contribution in [0.1, 0.15) is 50.7 Å². The minimum atomic E-state index is -0.177. The molecule has 0 saturated carbocycles. The van der Waals surface area contributed by atoms with Crippen LogP contribution in [-0.4, -0.2) is 18.0 Å². The van der Waals surface area contributed by atoms with Gasteiger partial charge >= 0.3 is 0 Å². The summed E-state index contributed by atoms with van der Waals surface area (Å²) in [5.41, 5.74) is 7.51. The number of unbranched alkanes of at least 4 members (excludes halogenated alkanes) is 2. The molecule has 1 aromatic carbocycles. The lowest BCUT2D eigenvalue weighted by Crippen LogP contribution is -2.25. The lowest BCUT2D eigenvalue weighted by molar-refractivity contribution is 0.256. The van der Waals surface area contributed by atoms with Crippen molar-refractivity contribution in [1.82, 2.24) is 4.90 Å². The van der Waals surface area contributed by atoms with E-state index in [1.807, 2.05) is 6.07 Å². The minimum absolute atomic E-state index is 0.177. The van der Waals surface area contributed by atoms with E-state index < -0.39 is 0 Å². The Morgan fingerprint density at radius 2 is 1.58 bits per heavy atom. The highest BCUT2D eigenvalue weighted by Gasteiger charge is 2.07. The molecule has 2 nitrogen and oxygen atoms in total. The Kier molecular flexibility index (Phi) is 7.68. The highest BCUT2D eigenvalue weighted by Crippen LogP contribution is 2.12. The molecule has 108 valence electrons. The number of rotatable bonds is 9. The topological polar surface area (TPSA) is 29.3 Å². The summed E-state index contributed by atoms with van der Waals surface area (Å²) in [6.07, 6.45) is 4.78. The quantitative estimate of drug-likeness (QED) is 0.738. The van der Waals surface area contributed by atoms with Crippen LogP contribution in [0.4, 0.5) is 4.39 Å². The van der Waals surface area contributed by atoms with Gasteiger partial charge in [-0.05, 0) is 49.2 Å². The van der Waals surface area contributed by atoms with E-state index in [2.05, 4.69) is 18.7 Å². The first-order chi connectivity index (χ1) is 9.19. The van der Waals surface area contributed by atoms with Gasteiger partial charge in [-0.25, -0.2) is 4.39 Å². The van der Waals surface area contributed by atoms with Gasteiger partial charge in [0.25, 0.3) is 0 Å². The number of hydrogen-bond acceptors (Lipinski definition) is 2. The van der Waals surface area contributed by atoms with Crippen molar-refractivity contribution in [3.05, 3.63) is 35.1 Å². The number of nitrogens with zero attached hydrogens (tertiary/aromatic N) is 1. The van der Waals surface area contributed by atoms with Crippen LogP contribution < -0.4 is 5.73 Å². The third-order valence-corrected chi connectivity index (χ3v) is 3.32. The van der Waals surface area contributed by atoms with Crippen LogP contribution in [0.5, 0.6) is 0 Å². The average Bonchev–Trinajstić information content (AvgIpc) is 2.41. The first-order valence-corrected chi connectivity index (χ1v) is 7.40. The molecule has 0 radical (unpaired) electrons. The second-order valence-electron chi connectivity index (χ2n) is 5.16. The lowest BCUT2D eigenvalue weighted by Gasteiger charge is -2.22. The Balaban J connectivity index is 2.67. The average molecular weight is 266 g/mol. The van der Waals surface area contributed by atoms with Gasteiger partial charge in [-0.3, -0.25) is 4.90 Å². The Labute approximate surface area is 116 Å². The third-order valence-electron chi connectivity index (χ3n) is 3.32. The molecule has 0 heterocycles. The predicted octanol–water partition coefficient (Wildman–Crippen LogP) is 3.69. The maximum atomic E-state index is 13.5. The molecule has 1 aromatic rings. The summed E-state index contributed by atoms with van der Waals surface area (Å²) in [6.45, 7) is 7.80. The van der Waals surface area contributed by atoms with E-state index in [1.165, 1.54) is 31.7 Å². The highest BCUT2D eigenvalue weighted by molar-refractivity contribution is 5.24. The summed E-state index contributed by atoms with van der Waals surface area (Å²) < 4.78 is 13.5. The van der Waals surface area contributed by atoms with Crippen molar-refractivity contribution in [3.63, 3.8) is 0 Å². The zero-order valence-corrected chi connectivity index (χ0v) is 12.3. The van der Waals surface area contributed by atoms with Crippen LogP contribution in [0.3, 0.4) is 0 Å². The molecular formula is C16H27FN2. The lowest BCUT2D eigenvalue weighted by atomic mass is 10.1. The fraction of sp³-hybridized carbons (Fsp3) is 0.625. The van der Waals surface area contributed by atoms with Crippen molar-refractivity contribution in [2.75, 3.05) is 13.1 Å². The Bertz CT molecular complexity index is 358. The largest absolute Gasteiger partial charge is 0.326 e. The minimum Gasteiger partial charge on any atom is -0.326 e. The molecule has 0 atom stereocenters. The monoisotopic (exact) mass is 266 g/mol. The van der Waals surface area contributed by atoms with E-state index in [0.29, 0.717) is 6.54 Å². The second-order valence-corrected chi connectivity index (χ2v) is 5.16. The van der Waals surface area contributed by atoms with Gasteiger partial charge in [0.2, 0.25) is 0 Å². The van der Waals surface area contributed by atoms with Gasteiger partial charge < -0.3 is 5.73 Å². The molecule has 0 unspecified atom stereocenters. The Morgan fingerprint density at radius 1 is 1.00 bits per heavy atom. The van der Waals surface area contributed by atoms with Gasteiger partial charge in [0.1, 0.15) is 5.82 Å². The van der Waals surface area contributed by atoms with E-state index in [4.69, 9.17) is 5.73 Å². The SMILES string of the molecule is CCCCN(CCCC)Cc1cc(F)cc(CN)c1. The molecule has 0 fully saturated rings. The van der Waals surface area contributed by atoms with E-state index in [0.717, 1.165) is 30.8 Å². The Hall–Kier alpha value is -0.930. The molecule has 1 rings (SSSR count). The van der Waals surface area contributed by atoms with E-state index in [-0.39, 0.29) is 5.82 Å². The van der Waals surface area contributed by atoms with Crippen LogP contribution in [0.15, 0.2) is 18.2 Å². The predicted molar refractivity (Wildman–Crippen MR) is 79.4 cm³/mol. The fourth-order valence-corrected chi connectivity index (χ4v) is 2.22. The summed E-state index contributed by atoms with van der Waals surface area (Å²) >= 11 is 0. The highest BCUT2D eigenvalue weighted by atomic mass is 19.1. The van der Waals surface area contributed by atoms with Crippen molar-refractivity contribution in [2.45, 2.75) is 52.6 Å². The number of halogens is 1. The summed E-state index contributed by atoms with van der Waals surface area (Å²) in [7, 11) is 0. The van der Waals surface area contributed by atoms with Crippen molar-refractivity contribution in [1.29, 1.82) is 0 Å². The molecule has 0 amide bonds. The van der Waals surface area contributed by atoms with Crippen molar-refractivity contribution in [3.8, 4) is 0 Å². The van der Waals surface area contributed by atoms with E-state index in [1.54, 1.807) is 6.07 Å². The smallest absolute Gasteiger partial charge is 0.123 e. The molecule has 0 aliphatic carbocycles. The van der Waals surface area contributed by atoms with Crippen LogP contribution in [0.25, 0.3) is 0 Å². The molecular weight excluding hydrogens is 239 g/mol. The zero-order valence-electron chi connectivity index (χ0n) is 12.3. The van der Waals surface area contributed by atoms with Crippen LogP contribution in [0, 0.1) is 5.82 Å². The van der Waals surface area contributed by atoms with Crippen molar-refractivity contribution < 1.29 is 4.39 Å². The van der Waals surface area contributed by atoms with Gasteiger partial charge in [-0.15, -0.1) is 0 Å². The molecule has 0 aliphatic rings. The summed E-state index contributed by atoms with van der Waals surface area (Å²) in [5, 5.41) is 0. The molecule has 19 heavy (non-hydrogen) atoms. The van der Waals surface area contributed by atoms with Crippen LogP contribution in [-0.2, 0) is 13.1 Å². The summed E-state index contributed by atoms with van der Waals surface area (Å²) in [4.78, 5) is 2.42. The molecule has 0 spiro atoms. The summed E-state index contributed by atoms with van der Waals surface area (Å²) in [6, 6.07) is 5.17. The molecule has 0 saturated heterocycles. The van der Waals surface area contributed by atoms with Gasteiger partial charge in [0, 0.05) is 13.1 Å². The van der Waals surface area contributed by atoms with Gasteiger partial charge in [-0.1, -0.05) is 32.8 Å². The molecule has 0 aromatic heterocycles. The number of benzene rings is 1. The normalized spacial score (nSPS) is 11.2. The molecule has 0 aliphatic heterocycles. The second kappa shape index (κ2) is 9.05. The first-order valence-electron chi connectivity index (χ1n) is 7.40. The van der Waals surface area contributed by atoms with E-state index in [9.17, 15) is 4.39 Å². The molecule has 2 N–H and O–H groups in total. The van der Waals surface area contributed by atoms with Gasteiger partial charge in [-0.2, -0.15) is 0 Å². The first kappa shape index (κ1) is 16.1. The molecule has 0 bridgehead atoms. The Morgan fingerprint density at radius 3 is 2.11 bits per heavy atom. The van der Waals surface area contributed by atoms with E-state index >= 15 is 0 Å². The van der Waals surface area contributed by atoms with Crippen molar-refractivity contribution in [2.24, 2.45) is 5.73 Å². The maximum absolute atomic E-state index is 13.5. The maximum Gasteiger partial charge on any atom is 0.123 e. The third kappa shape index (κ3) is 6.17. The van der Waals surface area contributed by atoms with Crippen LogP contribution in [0.2, 0.25) is 0 Å².